The molecule has 1 aromatic heterocycles. The molecule has 0 radical (unpaired) electrons. The molecular formula is C17H14N2. The van der Waals surface area contributed by atoms with E-state index in [4.69, 9.17) is 0 Å². The van der Waals surface area contributed by atoms with Gasteiger partial charge in [0.25, 0.3) is 0 Å². The van der Waals surface area contributed by atoms with Gasteiger partial charge in [-0.25, -0.2) is 4.98 Å². The molecule has 0 amide bonds. The third-order valence-corrected chi connectivity index (χ3v) is 3.09. The molecular weight excluding hydrogens is 232 g/mol. The second kappa shape index (κ2) is 5.02. The van der Waals surface area contributed by atoms with Crippen molar-refractivity contribution in [3.63, 3.8) is 0 Å². The molecule has 2 nitrogen and oxygen atoms in total. The summed E-state index contributed by atoms with van der Waals surface area (Å²) < 4.78 is 0. The summed E-state index contributed by atoms with van der Waals surface area (Å²) in [7, 11) is 0. The second-order valence-corrected chi connectivity index (χ2v) is 4.47. The molecule has 0 aliphatic rings. The van der Waals surface area contributed by atoms with Crippen LogP contribution in [0.1, 0.15) is 16.8 Å². The molecule has 0 aliphatic heterocycles. The first-order valence-electron chi connectivity index (χ1n) is 6.28. The quantitative estimate of drug-likeness (QED) is 0.680. The molecule has 0 bridgehead atoms. The zero-order valence-electron chi connectivity index (χ0n) is 10.7. The Morgan fingerprint density at radius 3 is 2.42 bits per heavy atom. The van der Waals surface area contributed by atoms with E-state index in [1.807, 2.05) is 42.5 Å². The maximum Gasteiger partial charge on any atom is 0.0894 e. The molecule has 0 aliphatic carbocycles. The van der Waals surface area contributed by atoms with Crippen LogP contribution in [0.25, 0.3) is 23.2 Å². The van der Waals surface area contributed by atoms with Crippen molar-refractivity contribution in [2.75, 3.05) is 0 Å². The first kappa shape index (κ1) is 11.6. The summed E-state index contributed by atoms with van der Waals surface area (Å²) in [6.07, 6.45) is 5.88. The molecule has 2 heteroatoms. The van der Waals surface area contributed by atoms with Gasteiger partial charge in [0.2, 0.25) is 0 Å². The Kier molecular flexibility index (Phi) is 3.07. The van der Waals surface area contributed by atoms with Crippen molar-refractivity contribution in [3.8, 4) is 0 Å². The lowest BCUT2D eigenvalue weighted by atomic mass is 10.1. The number of hydrogen-bond acceptors (Lipinski definition) is 2. The Labute approximate surface area is 112 Å². The van der Waals surface area contributed by atoms with Crippen LogP contribution in [0.2, 0.25) is 0 Å². The van der Waals surface area contributed by atoms with E-state index in [9.17, 15) is 0 Å². The average molecular weight is 246 g/mol. The predicted octanol–water partition coefficient (Wildman–Crippen LogP) is 4.11. The molecule has 0 atom stereocenters. The Balaban J connectivity index is 1.95. The van der Waals surface area contributed by atoms with E-state index in [0.29, 0.717) is 0 Å². The molecule has 1 heterocycles. The van der Waals surface area contributed by atoms with Crippen LogP contribution < -0.4 is 0 Å². The fraction of sp³-hybridized carbons (Fsp3) is 0.0588. The molecule has 3 rings (SSSR count). The van der Waals surface area contributed by atoms with Gasteiger partial charge >= 0.3 is 0 Å². The van der Waals surface area contributed by atoms with Gasteiger partial charge in [0.15, 0.2) is 0 Å². The summed E-state index contributed by atoms with van der Waals surface area (Å²) in [5.74, 6) is 0. The van der Waals surface area contributed by atoms with Gasteiger partial charge in [-0.05, 0) is 36.3 Å². The van der Waals surface area contributed by atoms with Crippen molar-refractivity contribution >= 4 is 23.2 Å². The molecule has 0 unspecified atom stereocenters. The highest BCUT2D eigenvalue weighted by atomic mass is 14.8. The van der Waals surface area contributed by atoms with Gasteiger partial charge in [-0.1, -0.05) is 42.5 Å². The smallest absolute Gasteiger partial charge is 0.0894 e. The summed E-state index contributed by atoms with van der Waals surface area (Å²) in [5.41, 5.74) is 5.19. The summed E-state index contributed by atoms with van der Waals surface area (Å²) in [5, 5.41) is 0. The van der Waals surface area contributed by atoms with E-state index in [2.05, 4.69) is 35.1 Å². The van der Waals surface area contributed by atoms with Crippen molar-refractivity contribution < 1.29 is 0 Å². The second-order valence-electron chi connectivity index (χ2n) is 4.47. The van der Waals surface area contributed by atoms with Crippen LogP contribution in [0.3, 0.4) is 0 Å². The number of rotatable bonds is 2. The van der Waals surface area contributed by atoms with Crippen LogP contribution in [-0.2, 0) is 0 Å². The highest BCUT2D eigenvalue weighted by Crippen LogP contribution is 2.13. The van der Waals surface area contributed by atoms with Crippen molar-refractivity contribution in [1.29, 1.82) is 0 Å². The van der Waals surface area contributed by atoms with Gasteiger partial charge in [-0.15, -0.1) is 0 Å². The molecule has 92 valence electrons. The van der Waals surface area contributed by atoms with Crippen molar-refractivity contribution in [1.82, 2.24) is 9.97 Å². The number of fused-ring (bicyclic) bond motifs is 1. The van der Waals surface area contributed by atoms with E-state index >= 15 is 0 Å². The number of hydrogen-bond donors (Lipinski definition) is 0. The Morgan fingerprint density at radius 1 is 0.842 bits per heavy atom. The zero-order chi connectivity index (χ0) is 13.1. The first-order valence-corrected chi connectivity index (χ1v) is 6.28. The minimum absolute atomic E-state index is 0.877. The summed E-state index contributed by atoms with van der Waals surface area (Å²) in [6.45, 7) is 2.10. The third kappa shape index (κ3) is 2.52. The van der Waals surface area contributed by atoms with Gasteiger partial charge in [0.05, 0.1) is 22.9 Å². The summed E-state index contributed by atoms with van der Waals surface area (Å²) >= 11 is 0. The Hall–Kier alpha value is -2.48. The number of aryl methyl sites for hydroxylation is 1. The summed E-state index contributed by atoms with van der Waals surface area (Å²) in [4.78, 5) is 8.97. The van der Waals surface area contributed by atoms with E-state index < -0.39 is 0 Å². The van der Waals surface area contributed by atoms with Crippen LogP contribution >= 0.6 is 0 Å². The van der Waals surface area contributed by atoms with Crippen LogP contribution in [0.5, 0.6) is 0 Å². The van der Waals surface area contributed by atoms with Crippen LogP contribution in [0.15, 0.2) is 54.7 Å². The fourth-order valence-corrected chi connectivity index (χ4v) is 2.00. The van der Waals surface area contributed by atoms with E-state index in [-0.39, 0.29) is 0 Å². The van der Waals surface area contributed by atoms with Gasteiger partial charge in [0.1, 0.15) is 0 Å². The molecule has 2 aromatic carbocycles. The van der Waals surface area contributed by atoms with Crippen LogP contribution in [0, 0.1) is 6.92 Å². The standard InChI is InChI=1S/C17H14N2/c1-13-6-2-3-7-14(13)10-11-15-12-18-16-8-4-5-9-17(16)19-15/h2-12H,1H3/b11-10+. The molecule has 0 N–H and O–H groups in total. The maximum atomic E-state index is 4.57. The first-order chi connectivity index (χ1) is 9.33. The van der Waals surface area contributed by atoms with Crippen LogP contribution in [0.4, 0.5) is 0 Å². The lowest BCUT2D eigenvalue weighted by molar-refractivity contribution is 1.27. The Bertz CT molecular complexity index is 745. The van der Waals surface area contributed by atoms with Crippen molar-refractivity contribution in [2.45, 2.75) is 6.92 Å². The monoisotopic (exact) mass is 246 g/mol. The third-order valence-electron chi connectivity index (χ3n) is 3.09. The Morgan fingerprint density at radius 2 is 1.58 bits per heavy atom. The summed E-state index contributed by atoms with van der Waals surface area (Å²) in [6, 6.07) is 16.2. The highest BCUT2D eigenvalue weighted by Gasteiger charge is 1.96. The van der Waals surface area contributed by atoms with Crippen molar-refractivity contribution in [2.24, 2.45) is 0 Å². The van der Waals surface area contributed by atoms with Gasteiger partial charge < -0.3 is 0 Å². The van der Waals surface area contributed by atoms with Gasteiger partial charge in [-0.2, -0.15) is 0 Å². The largest absolute Gasteiger partial charge is 0.252 e. The SMILES string of the molecule is Cc1ccccc1/C=C/c1cnc2ccccc2n1. The minimum Gasteiger partial charge on any atom is -0.252 e. The minimum atomic E-state index is 0.877. The molecule has 3 aromatic rings. The van der Waals surface area contributed by atoms with E-state index in [0.717, 1.165) is 16.7 Å². The van der Waals surface area contributed by atoms with Gasteiger partial charge in [-0.3, -0.25) is 4.98 Å². The predicted molar refractivity (Wildman–Crippen MR) is 79.6 cm³/mol. The van der Waals surface area contributed by atoms with Gasteiger partial charge in [0, 0.05) is 0 Å². The lowest BCUT2D eigenvalue weighted by Crippen LogP contribution is -1.86. The van der Waals surface area contributed by atoms with Crippen LogP contribution in [-0.4, -0.2) is 9.97 Å². The maximum absolute atomic E-state index is 4.57. The lowest BCUT2D eigenvalue weighted by Gasteiger charge is -1.99. The topological polar surface area (TPSA) is 25.8 Å². The molecule has 19 heavy (non-hydrogen) atoms. The van der Waals surface area contributed by atoms with E-state index in [1.165, 1.54) is 11.1 Å². The normalized spacial score (nSPS) is 11.2. The fourth-order valence-electron chi connectivity index (χ4n) is 2.00. The number of para-hydroxylation sites is 2. The average Bonchev–Trinajstić information content (AvgIpc) is 2.46. The molecule has 0 spiro atoms. The molecule has 0 fully saturated rings. The number of aromatic nitrogens is 2. The molecule has 0 saturated carbocycles. The number of benzene rings is 2. The molecule has 0 saturated heterocycles. The highest BCUT2D eigenvalue weighted by molar-refractivity contribution is 5.76. The van der Waals surface area contributed by atoms with E-state index in [1.54, 1.807) is 6.20 Å². The number of nitrogens with zero attached hydrogens (tertiary/aromatic N) is 2. The van der Waals surface area contributed by atoms with Crippen molar-refractivity contribution in [3.05, 3.63) is 71.5 Å². The zero-order valence-corrected chi connectivity index (χ0v) is 10.7.